The topological polar surface area (TPSA) is 0 Å². The second-order valence-electron chi connectivity index (χ2n) is 2.87. The highest BCUT2D eigenvalue weighted by molar-refractivity contribution is 5.18. The quantitative estimate of drug-likeness (QED) is 0.478. The van der Waals surface area contributed by atoms with Crippen LogP contribution in [0.2, 0.25) is 0 Å². The summed E-state index contributed by atoms with van der Waals surface area (Å²) < 4.78 is 0. The van der Waals surface area contributed by atoms with Gasteiger partial charge >= 0.3 is 0 Å². The third-order valence-electron chi connectivity index (χ3n) is 2.04. The van der Waals surface area contributed by atoms with E-state index in [1.807, 2.05) is 0 Å². The van der Waals surface area contributed by atoms with Crippen LogP contribution in [0.4, 0.5) is 0 Å². The lowest BCUT2D eigenvalue weighted by Crippen LogP contribution is -1.84. The molecule has 0 saturated carbocycles. The van der Waals surface area contributed by atoms with Crippen LogP contribution in [-0.4, -0.2) is 0 Å². The molecule has 0 amide bonds. The van der Waals surface area contributed by atoms with E-state index in [0.29, 0.717) is 0 Å². The molecule has 0 atom stereocenters. The highest BCUT2D eigenvalue weighted by Crippen LogP contribution is 2.15. The predicted molar refractivity (Wildman–Crippen MR) is 46.0 cm³/mol. The fourth-order valence-corrected chi connectivity index (χ4v) is 1.33. The fraction of sp³-hybridized carbons (Fsp3) is 0.600. The average Bonchev–Trinajstić information content (AvgIpc) is 1.87. The van der Waals surface area contributed by atoms with Gasteiger partial charge in [0, 0.05) is 0 Å². The van der Waals surface area contributed by atoms with Crippen molar-refractivity contribution in [3.63, 3.8) is 0 Å². The van der Waals surface area contributed by atoms with E-state index in [1.54, 1.807) is 0 Å². The van der Waals surface area contributed by atoms with Gasteiger partial charge in [-0.25, -0.2) is 0 Å². The van der Waals surface area contributed by atoms with Gasteiger partial charge in [0.15, 0.2) is 0 Å². The Kier molecular flexibility index (Phi) is 3.28. The molecule has 10 heavy (non-hydrogen) atoms. The highest BCUT2D eigenvalue weighted by atomic mass is 14.0. The Labute approximate surface area is 63.6 Å². The van der Waals surface area contributed by atoms with E-state index in [0.717, 1.165) is 0 Å². The third-order valence-corrected chi connectivity index (χ3v) is 2.04. The normalized spacial score (nSPS) is 24.3. The summed E-state index contributed by atoms with van der Waals surface area (Å²) in [6.45, 7) is 2.13. The molecule has 0 aromatic carbocycles. The molecule has 0 aromatic rings. The van der Waals surface area contributed by atoms with Crippen LogP contribution in [0.1, 0.15) is 39.0 Å². The lowest BCUT2D eigenvalue weighted by Gasteiger charge is -2.04. The van der Waals surface area contributed by atoms with E-state index >= 15 is 0 Å². The van der Waals surface area contributed by atoms with E-state index in [4.69, 9.17) is 0 Å². The fourth-order valence-electron chi connectivity index (χ4n) is 1.33. The van der Waals surface area contributed by atoms with Crippen molar-refractivity contribution in [2.24, 2.45) is 0 Å². The summed E-state index contributed by atoms with van der Waals surface area (Å²) in [4.78, 5) is 0. The van der Waals surface area contributed by atoms with Crippen LogP contribution in [0, 0.1) is 0 Å². The van der Waals surface area contributed by atoms with Gasteiger partial charge in [-0.1, -0.05) is 30.2 Å². The van der Waals surface area contributed by atoms with Gasteiger partial charge in [-0.15, -0.1) is 0 Å². The molecule has 0 radical (unpaired) electrons. The lowest BCUT2D eigenvalue weighted by atomic mass is 10.0. The van der Waals surface area contributed by atoms with Crippen molar-refractivity contribution >= 4 is 0 Å². The van der Waals surface area contributed by atoms with Crippen molar-refractivity contribution in [1.29, 1.82) is 0 Å². The number of rotatable bonds is 0. The van der Waals surface area contributed by atoms with Crippen LogP contribution in [-0.2, 0) is 0 Å². The van der Waals surface area contributed by atoms with E-state index in [9.17, 15) is 0 Å². The molecular formula is C10H16. The van der Waals surface area contributed by atoms with Gasteiger partial charge in [0.25, 0.3) is 0 Å². The van der Waals surface area contributed by atoms with Gasteiger partial charge in [-0.05, 0) is 32.6 Å². The molecule has 0 aliphatic heterocycles. The summed E-state index contributed by atoms with van der Waals surface area (Å²) in [6, 6.07) is 0. The number of hydrogen-bond acceptors (Lipinski definition) is 0. The van der Waals surface area contributed by atoms with E-state index in [1.165, 1.54) is 37.7 Å². The van der Waals surface area contributed by atoms with E-state index < -0.39 is 0 Å². The molecule has 0 unspecified atom stereocenters. The van der Waals surface area contributed by atoms with Crippen LogP contribution < -0.4 is 0 Å². The van der Waals surface area contributed by atoms with Crippen molar-refractivity contribution in [2.75, 3.05) is 0 Å². The van der Waals surface area contributed by atoms with E-state index in [2.05, 4.69) is 25.2 Å². The zero-order valence-electron chi connectivity index (χ0n) is 6.77. The summed E-state index contributed by atoms with van der Waals surface area (Å²) in [5.41, 5.74) is 1.51. The van der Waals surface area contributed by atoms with Gasteiger partial charge in [-0.2, -0.15) is 0 Å². The van der Waals surface area contributed by atoms with Gasteiger partial charge in [0.05, 0.1) is 0 Å². The minimum Gasteiger partial charge on any atom is -0.0845 e. The molecule has 0 heteroatoms. The maximum absolute atomic E-state index is 2.30. The van der Waals surface area contributed by atoms with E-state index in [-0.39, 0.29) is 0 Å². The predicted octanol–water partition coefficient (Wildman–Crippen LogP) is 3.45. The molecule has 0 nitrogen and oxygen atoms in total. The van der Waals surface area contributed by atoms with Crippen molar-refractivity contribution in [3.05, 3.63) is 23.8 Å². The van der Waals surface area contributed by atoms with Crippen molar-refractivity contribution in [3.8, 4) is 0 Å². The minimum atomic E-state index is 1.28. The van der Waals surface area contributed by atoms with Crippen LogP contribution in [0.25, 0.3) is 0 Å². The maximum atomic E-state index is 2.30. The first kappa shape index (κ1) is 7.59. The zero-order chi connectivity index (χ0) is 7.23. The van der Waals surface area contributed by atoms with Gasteiger partial charge < -0.3 is 0 Å². The smallest absolute Gasteiger partial charge is 0.0282 e. The van der Waals surface area contributed by atoms with Gasteiger partial charge in [-0.3, -0.25) is 0 Å². The molecule has 0 bridgehead atoms. The molecule has 1 rings (SSSR count). The van der Waals surface area contributed by atoms with Crippen LogP contribution >= 0.6 is 0 Å². The SMILES string of the molecule is CC=C1C=CCCCCC1. The van der Waals surface area contributed by atoms with Crippen LogP contribution in [0.5, 0.6) is 0 Å². The Morgan fingerprint density at radius 1 is 1.30 bits per heavy atom. The summed E-state index contributed by atoms with van der Waals surface area (Å²) in [7, 11) is 0. The van der Waals surface area contributed by atoms with Gasteiger partial charge in [0.1, 0.15) is 0 Å². The van der Waals surface area contributed by atoms with Crippen molar-refractivity contribution in [1.82, 2.24) is 0 Å². The Bertz CT molecular complexity index is 140. The Morgan fingerprint density at radius 3 is 3.00 bits per heavy atom. The average molecular weight is 136 g/mol. The molecule has 0 heterocycles. The number of hydrogen-bond donors (Lipinski definition) is 0. The summed E-state index contributed by atoms with van der Waals surface area (Å²) in [5, 5.41) is 0. The standard InChI is InChI=1S/C10H16/c1-2-10-8-6-4-3-5-7-9-10/h2,6,8H,3-5,7,9H2,1H3. The first-order chi connectivity index (χ1) is 4.93. The third kappa shape index (κ3) is 2.38. The molecular weight excluding hydrogens is 120 g/mol. The second kappa shape index (κ2) is 4.32. The largest absolute Gasteiger partial charge is 0.0845 e. The maximum Gasteiger partial charge on any atom is -0.0282 e. The summed E-state index contributed by atoms with van der Waals surface area (Å²) in [5.74, 6) is 0. The Hall–Kier alpha value is -0.520. The molecule has 56 valence electrons. The summed E-state index contributed by atoms with van der Waals surface area (Å²) in [6.07, 6.45) is 13.5. The van der Waals surface area contributed by atoms with Gasteiger partial charge in [0.2, 0.25) is 0 Å². The zero-order valence-corrected chi connectivity index (χ0v) is 6.77. The molecule has 0 fully saturated rings. The first-order valence-corrected chi connectivity index (χ1v) is 4.25. The monoisotopic (exact) mass is 136 g/mol. The number of allylic oxidation sites excluding steroid dienone is 4. The molecule has 0 spiro atoms. The Morgan fingerprint density at radius 2 is 2.20 bits per heavy atom. The highest BCUT2D eigenvalue weighted by Gasteiger charge is 1.95. The molecule has 1 aliphatic rings. The molecule has 0 aromatic heterocycles. The van der Waals surface area contributed by atoms with Crippen LogP contribution in [0.3, 0.4) is 0 Å². The molecule has 0 saturated heterocycles. The van der Waals surface area contributed by atoms with Crippen LogP contribution in [0.15, 0.2) is 23.8 Å². The minimum absolute atomic E-state index is 1.28. The first-order valence-electron chi connectivity index (χ1n) is 4.25. The lowest BCUT2D eigenvalue weighted by molar-refractivity contribution is 0.678. The second-order valence-corrected chi connectivity index (χ2v) is 2.87. The molecule has 1 aliphatic carbocycles. The van der Waals surface area contributed by atoms with Crippen molar-refractivity contribution < 1.29 is 0 Å². The Balaban J connectivity index is 2.49. The molecule has 0 N–H and O–H groups in total. The summed E-state index contributed by atoms with van der Waals surface area (Å²) >= 11 is 0. The van der Waals surface area contributed by atoms with Crippen molar-refractivity contribution in [2.45, 2.75) is 39.0 Å².